The molecule has 0 unspecified atom stereocenters. The van der Waals surface area contributed by atoms with E-state index in [9.17, 15) is 17.2 Å². The van der Waals surface area contributed by atoms with Crippen molar-refractivity contribution in [3.05, 3.63) is 30.2 Å². The normalized spacial score (nSPS) is 24.1. The van der Waals surface area contributed by atoms with Crippen LogP contribution in [0.15, 0.2) is 33.7 Å². The quantitative estimate of drug-likeness (QED) is 0.845. The van der Waals surface area contributed by atoms with Gasteiger partial charge in [-0.15, -0.1) is 0 Å². The number of sulfonamides is 1. The van der Waals surface area contributed by atoms with Gasteiger partial charge >= 0.3 is 0 Å². The lowest BCUT2D eigenvalue weighted by atomic mass is 9.78. The number of methoxy groups -OCH3 is 1. The van der Waals surface area contributed by atoms with Crippen molar-refractivity contribution in [1.29, 1.82) is 0 Å². The molecule has 1 saturated carbocycles. The standard InChI is InChI=1S/C16H19F2N3O4S/c1-24-16(8-6-10(7-9-16)13(17)18)15-20-14(21-25-15)11-2-4-12(5-3-11)26(19,22)23/h2-5,10,13H,6-9H2,1H3,(H2,19,22,23). The molecule has 0 amide bonds. The zero-order valence-corrected chi connectivity index (χ0v) is 14.9. The number of nitrogens with two attached hydrogens (primary N) is 1. The average Bonchev–Trinajstić information content (AvgIpc) is 3.12. The third kappa shape index (κ3) is 3.62. The summed E-state index contributed by atoms with van der Waals surface area (Å²) in [6, 6.07) is 5.73. The summed E-state index contributed by atoms with van der Waals surface area (Å²) in [4.78, 5) is 4.31. The van der Waals surface area contributed by atoms with E-state index in [0.29, 0.717) is 31.2 Å². The van der Waals surface area contributed by atoms with E-state index < -0.39 is 28.0 Å². The van der Waals surface area contributed by atoms with Gasteiger partial charge in [-0.3, -0.25) is 0 Å². The van der Waals surface area contributed by atoms with Crippen LogP contribution in [-0.2, 0) is 20.4 Å². The Morgan fingerprint density at radius 3 is 2.38 bits per heavy atom. The van der Waals surface area contributed by atoms with Gasteiger partial charge in [0.15, 0.2) is 0 Å². The van der Waals surface area contributed by atoms with Crippen LogP contribution in [0.25, 0.3) is 11.4 Å². The molecule has 3 rings (SSSR count). The van der Waals surface area contributed by atoms with Gasteiger partial charge in [-0.25, -0.2) is 22.3 Å². The second kappa shape index (κ2) is 7.01. The first-order valence-electron chi connectivity index (χ1n) is 8.06. The molecule has 0 spiro atoms. The minimum Gasteiger partial charge on any atom is -0.368 e. The molecule has 1 aromatic carbocycles. The minimum atomic E-state index is -3.79. The van der Waals surface area contributed by atoms with E-state index in [1.165, 1.54) is 31.4 Å². The van der Waals surface area contributed by atoms with Gasteiger partial charge in [-0.2, -0.15) is 4.98 Å². The topological polar surface area (TPSA) is 108 Å². The Morgan fingerprint density at radius 2 is 1.88 bits per heavy atom. The molecule has 2 aromatic rings. The highest BCUT2D eigenvalue weighted by Gasteiger charge is 2.43. The molecular formula is C16H19F2N3O4S. The van der Waals surface area contributed by atoms with E-state index in [1.807, 2.05) is 0 Å². The summed E-state index contributed by atoms with van der Waals surface area (Å²) in [6.07, 6.45) is -0.992. The zero-order valence-electron chi connectivity index (χ0n) is 14.1. The first-order valence-corrected chi connectivity index (χ1v) is 9.60. The van der Waals surface area contributed by atoms with Crippen molar-refractivity contribution in [2.75, 3.05) is 7.11 Å². The molecule has 142 valence electrons. The summed E-state index contributed by atoms with van der Waals surface area (Å²) >= 11 is 0. The smallest absolute Gasteiger partial charge is 0.259 e. The van der Waals surface area contributed by atoms with Gasteiger partial charge in [-0.1, -0.05) is 5.16 Å². The minimum absolute atomic E-state index is 0.0244. The van der Waals surface area contributed by atoms with Crippen molar-refractivity contribution < 1.29 is 26.5 Å². The monoisotopic (exact) mass is 387 g/mol. The van der Waals surface area contributed by atoms with Crippen LogP contribution >= 0.6 is 0 Å². The van der Waals surface area contributed by atoms with E-state index in [0.717, 1.165) is 0 Å². The summed E-state index contributed by atoms with van der Waals surface area (Å²) < 4.78 is 59.3. The van der Waals surface area contributed by atoms with Crippen molar-refractivity contribution in [1.82, 2.24) is 10.1 Å². The number of halogens is 2. The third-order valence-electron chi connectivity index (χ3n) is 4.84. The fraction of sp³-hybridized carbons (Fsp3) is 0.500. The Labute approximate surface area is 149 Å². The fourth-order valence-corrected chi connectivity index (χ4v) is 3.70. The van der Waals surface area contributed by atoms with Crippen molar-refractivity contribution in [2.24, 2.45) is 11.1 Å². The predicted octanol–water partition coefficient (Wildman–Crippen LogP) is 2.68. The molecule has 1 aromatic heterocycles. The average molecular weight is 387 g/mol. The highest BCUT2D eigenvalue weighted by Crippen LogP contribution is 2.43. The van der Waals surface area contributed by atoms with Gasteiger partial charge in [0.05, 0.1) is 4.90 Å². The number of primary sulfonamides is 1. The molecule has 10 heteroatoms. The molecule has 1 fully saturated rings. The number of benzene rings is 1. The molecular weight excluding hydrogens is 368 g/mol. The first-order chi connectivity index (χ1) is 12.2. The van der Waals surface area contributed by atoms with Crippen LogP contribution in [-0.4, -0.2) is 32.1 Å². The summed E-state index contributed by atoms with van der Waals surface area (Å²) in [5, 5.41) is 8.97. The van der Waals surface area contributed by atoms with Gasteiger partial charge in [-0.05, 0) is 49.9 Å². The van der Waals surface area contributed by atoms with Gasteiger partial charge in [0.1, 0.15) is 5.60 Å². The predicted molar refractivity (Wildman–Crippen MR) is 87.8 cm³/mol. The SMILES string of the molecule is COC1(c2nc(-c3ccc(S(N)(=O)=O)cc3)no2)CCC(C(F)F)CC1. The van der Waals surface area contributed by atoms with Crippen LogP contribution in [0.5, 0.6) is 0 Å². The molecule has 0 atom stereocenters. The van der Waals surface area contributed by atoms with Crippen molar-refractivity contribution >= 4 is 10.0 Å². The van der Waals surface area contributed by atoms with Crippen LogP contribution in [0.2, 0.25) is 0 Å². The number of hydrogen-bond donors (Lipinski definition) is 1. The van der Waals surface area contributed by atoms with Crippen molar-refractivity contribution in [3.63, 3.8) is 0 Å². The largest absolute Gasteiger partial charge is 0.368 e. The maximum atomic E-state index is 12.9. The highest BCUT2D eigenvalue weighted by molar-refractivity contribution is 7.89. The zero-order chi connectivity index (χ0) is 18.9. The summed E-state index contributed by atoms with van der Waals surface area (Å²) in [5.74, 6) is -0.155. The van der Waals surface area contributed by atoms with Crippen LogP contribution in [0.3, 0.4) is 0 Å². The highest BCUT2D eigenvalue weighted by atomic mass is 32.2. The first kappa shape index (κ1) is 18.9. The molecule has 2 N–H and O–H groups in total. The van der Waals surface area contributed by atoms with Gasteiger partial charge in [0.2, 0.25) is 22.3 Å². The van der Waals surface area contributed by atoms with Gasteiger partial charge in [0, 0.05) is 18.6 Å². The molecule has 0 aliphatic heterocycles. The van der Waals surface area contributed by atoms with Crippen LogP contribution in [0.4, 0.5) is 8.78 Å². The lowest BCUT2D eigenvalue weighted by Crippen LogP contribution is -2.35. The Balaban J connectivity index is 1.83. The summed E-state index contributed by atoms with van der Waals surface area (Å²) in [6.45, 7) is 0. The summed E-state index contributed by atoms with van der Waals surface area (Å²) in [5.41, 5.74) is -0.336. The number of ether oxygens (including phenoxy) is 1. The second-order valence-corrected chi connectivity index (χ2v) is 7.92. The number of aromatic nitrogens is 2. The number of rotatable bonds is 5. The molecule has 1 heterocycles. The fourth-order valence-electron chi connectivity index (χ4n) is 3.18. The van der Waals surface area contributed by atoms with E-state index in [1.54, 1.807) is 0 Å². The number of alkyl halides is 2. The van der Waals surface area contributed by atoms with Gasteiger partial charge in [0.25, 0.3) is 5.89 Å². The Morgan fingerprint density at radius 1 is 1.27 bits per heavy atom. The molecule has 0 bridgehead atoms. The lowest BCUT2D eigenvalue weighted by Gasteiger charge is -2.35. The third-order valence-corrected chi connectivity index (χ3v) is 5.77. The molecule has 1 aliphatic rings. The van der Waals surface area contributed by atoms with E-state index in [2.05, 4.69) is 10.1 Å². The maximum absolute atomic E-state index is 12.9. The molecule has 26 heavy (non-hydrogen) atoms. The molecule has 0 saturated heterocycles. The number of nitrogens with zero attached hydrogens (tertiary/aromatic N) is 2. The molecule has 7 nitrogen and oxygen atoms in total. The Hall–Kier alpha value is -1.91. The van der Waals surface area contributed by atoms with Gasteiger partial charge < -0.3 is 9.26 Å². The van der Waals surface area contributed by atoms with Crippen molar-refractivity contribution in [3.8, 4) is 11.4 Å². The van der Waals surface area contributed by atoms with Crippen LogP contribution in [0, 0.1) is 5.92 Å². The Bertz CT molecular complexity index is 860. The molecule has 0 radical (unpaired) electrons. The summed E-state index contributed by atoms with van der Waals surface area (Å²) in [7, 11) is -2.29. The second-order valence-electron chi connectivity index (χ2n) is 6.36. The Kier molecular flexibility index (Phi) is 5.09. The number of hydrogen-bond acceptors (Lipinski definition) is 6. The van der Waals surface area contributed by atoms with E-state index >= 15 is 0 Å². The lowest BCUT2D eigenvalue weighted by molar-refractivity contribution is -0.0910. The maximum Gasteiger partial charge on any atom is 0.259 e. The van der Waals surface area contributed by atoms with E-state index in [-0.39, 0.29) is 16.6 Å². The van der Waals surface area contributed by atoms with Crippen LogP contribution < -0.4 is 5.14 Å². The van der Waals surface area contributed by atoms with E-state index in [4.69, 9.17) is 14.4 Å². The van der Waals surface area contributed by atoms with Crippen molar-refractivity contribution in [2.45, 2.75) is 42.6 Å². The van der Waals surface area contributed by atoms with Crippen LogP contribution in [0.1, 0.15) is 31.6 Å². The molecule has 1 aliphatic carbocycles.